The Morgan fingerprint density at radius 3 is 2.34 bits per heavy atom. The molecule has 6 rings (SSSR count). The van der Waals surface area contributed by atoms with Crippen molar-refractivity contribution in [3.63, 3.8) is 0 Å². The molecule has 1 atom stereocenters. The van der Waals surface area contributed by atoms with Crippen LogP contribution in [-0.2, 0) is 10.3 Å². The van der Waals surface area contributed by atoms with Crippen molar-refractivity contribution in [1.82, 2.24) is 9.55 Å². The van der Waals surface area contributed by atoms with E-state index in [0.717, 1.165) is 16.7 Å². The van der Waals surface area contributed by atoms with Crippen molar-refractivity contribution in [2.75, 3.05) is 24.4 Å². The van der Waals surface area contributed by atoms with Crippen molar-refractivity contribution in [2.24, 2.45) is 0 Å². The number of benzene rings is 3. The van der Waals surface area contributed by atoms with E-state index in [4.69, 9.17) is 26.1 Å². The molecule has 2 amide bonds. The Kier molecular flexibility index (Phi) is 6.15. The summed E-state index contributed by atoms with van der Waals surface area (Å²) < 4.78 is 13.3. The summed E-state index contributed by atoms with van der Waals surface area (Å²) in [4.78, 5) is 35.5. The number of aromatic nitrogens is 2. The van der Waals surface area contributed by atoms with Gasteiger partial charge in [-0.05, 0) is 75.6 Å². The Bertz CT molecular complexity index is 1780. The third-order valence-electron chi connectivity index (χ3n) is 8.02. The fraction of sp³-hybridized carbons (Fsp3) is 0.281. The molecule has 9 heteroatoms. The number of ether oxygens (including phenoxy) is 2. The van der Waals surface area contributed by atoms with E-state index in [1.165, 1.54) is 0 Å². The van der Waals surface area contributed by atoms with E-state index in [9.17, 15) is 9.59 Å². The van der Waals surface area contributed by atoms with Crippen molar-refractivity contribution >= 4 is 34.8 Å². The first-order valence-corrected chi connectivity index (χ1v) is 13.8. The first kappa shape index (κ1) is 26.9. The molecule has 2 aliphatic heterocycles. The monoisotopic (exact) mass is 570 g/mol. The molecule has 210 valence electrons. The SMILES string of the molecule is COc1cc(OC)c(-c2nc3c(n2C(C)C)C2(C(=O)Nc4cc(C)ccc42)N(c2cc(Cl)ccc2C)C3=O)cc1C. The van der Waals surface area contributed by atoms with Crippen LogP contribution in [0.4, 0.5) is 11.4 Å². The second kappa shape index (κ2) is 9.38. The second-order valence-electron chi connectivity index (χ2n) is 10.9. The topological polar surface area (TPSA) is 85.7 Å². The molecule has 41 heavy (non-hydrogen) atoms. The summed E-state index contributed by atoms with van der Waals surface area (Å²) in [6.45, 7) is 9.85. The molecule has 1 aromatic heterocycles. The first-order valence-electron chi connectivity index (χ1n) is 13.4. The smallest absolute Gasteiger partial charge is 0.280 e. The number of imidazole rings is 1. The molecule has 0 aliphatic carbocycles. The third-order valence-corrected chi connectivity index (χ3v) is 8.26. The van der Waals surface area contributed by atoms with Crippen molar-refractivity contribution in [3.8, 4) is 22.9 Å². The maximum absolute atomic E-state index is 14.6. The molecule has 0 bridgehead atoms. The highest BCUT2D eigenvalue weighted by molar-refractivity contribution is 6.31. The van der Waals surface area contributed by atoms with Crippen LogP contribution in [0.25, 0.3) is 11.4 Å². The number of methoxy groups -OCH3 is 2. The quantitative estimate of drug-likeness (QED) is 0.293. The zero-order chi connectivity index (χ0) is 29.4. The standard InChI is InChI=1S/C32H31ClN4O4/c1-16(2)36-28-27(35-29(36)21-13-19(5)25(40-6)15-26(21)41-7)30(38)37(24-14-20(33)10-9-18(24)4)32(28)22-11-8-17(3)12-23(22)34-31(32)39/h8-16H,1-7H3,(H,34,39). The van der Waals surface area contributed by atoms with Crippen molar-refractivity contribution in [2.45, 2.75) is 46.2 Å². The van der Waals surface area contributed by atoms with Crippen LogP contribution in [0.5, 0.6) is 11.5 Å². The molecule has 4 aromatic rings. The van der Waals surface area contributed by atoms with Gasteiger partial charge in [0, 0.05) is 28.4 Å². The minimum Gasteiger partial charge on any atom is -0.496 e. The van der Waals surface area contributed by atoms with Crippen LogP contribution in [0.2, 0.25) is 5.02 Å². The number of hydrogen-bond acceptors (Lipinski definition) is 5. The van der Waals surface area contributed by atoms with E-state index < -0.39 is 5.54 Å². The molecule has 1 spiro atoms. The van der Waals surface area contributed by atoms with E-state index >= 15 is 0 Å². The second-order valence-corrected chi connectivity index (χ2v) is 11.3. The molecule has 2 aliphatic rings. The van der Waals surface area contributed by atoms with E-state index in [1.807, 2.05) is 75.6 Å². The number of nitrogens with one attached hydrogen (secondary N) is 1. The zero-order valence-corrected chi connectivity index (χ0v) is 24.8. The molecule has 3 heterocycles. The predicted octanol–water partition coefficient (Wildman–Crippen LogP) is 6.58. The summed E-state index contributed by atoms with van der Waals surface area (Å²) >= 11 is 6.46. The maximum Gasteiger partial charge on any atom is 0.280 e. The molecule has 8 nitrogen and oxygen atoms in total. The summed E-state index contributed by atoms with van der Waals surface area (Å²) in [5, 5.41) is 3.54. The molecule has 3 aromatic carbocycles. The Labute approximate surface area is 243 Å². The number of anilines is 2. The zero-order valence-electron chi connectivity index (χ0n) is 24.0. The van der Waals surface area contributed by atoms with Crippen molar-refractivity contribution in [3.05, 3.63) is 87.2 Å². The summed E-state index contributed by atoms with van der Waals surface area (Å²) in [5.74, 6) is 1.06. The maximum atomic E-state index is 14.6. The number of nitrogens with zero attached hydrogens (tertiary/aromatic N) is 3. The molecule has 0 saturated carbocycles. The lowest BCUT2D eigenvalue weighted by Crippen LogP contribution is -2.51. The van der Waals surface area contributed by atoms with Gasteiger partial charge in [-0.25, -0.2) is 4.98 Å². The Morgan fingerprint density at radius 1 is 0.927 bits per heavy atom. The molecule has 0 radical (unpaired) electrons. The lowest BCUT2D eigenvalue weighted by Gasteiger charge is -2.36. The van der Waals surface area contributed by atoms with Gasteiger partial charge < -0.3 is 19.4 Å². The van der Waals surface area contributed by atoms with Gasteiger partial charge in [0.05, 0.1) is 31.2 Å². The Hall–Kier alpha value is -4.30. The lowest BCUT2D eigenvalue weighted by molar-refractivity contribution is -0.119. The van der Waals surface area contributed by atoms with Gasteiger partial charge in [0.15, 0.2) is 11.2 Å². The van der Waals surface area contributed by atoms with Crippen LogP contribution in [0, 0.1) is 20.8 Å². The Balaban J connectivity index is 1.74. The minimum atomic E-state index is -1.50. The first-order chi connectivity index (χ1) is 19.5. The van der Waals surface area contributed by atoms with Crippen LogP contribution < -0.4 is 19.7 Å². The van der Waals surface area contributed by atoms with Crippen LogP contribution in [-0.4, -0.2) is 35.6 Å². The fourth-order valence-corrected chi connectivity index (χ4v) is 6.37. The van der Waals surface area contributed by atoms with Gasteiger partial charge in [0.2, 0.25) is 0 Å². The molecule has 1 N–H and O–H groups in total. The van der Waals surface area contributed by atoms with E-state index in [1.54, 1.807) is 31.3 Å². The number of fused-ring (bicyclic) bond motifs is 4. The number of carbonyl (C=O) groups is 2. The number of carbonyl (C=O) groups excluding carboxylic acids is 2. The number of amides is 2. The lowest BCUT2D eigenvalue weighted by atomic mass is 9.86. The van der Waals surface area contributed by atoms with Crippen LogP contribution in [0.3, 0.4) is 0 Å². The number of rotatable bonds is 5. The normalized spacial score (nSPS) is 17.3. The average Bonchev–Trinajstić information content (AvgIpc) is 3.54. The van der Waals surface area contributed by atoms with Crippen molar-refractivity contribution in [1.29, 1.82) is 0 Å². The van der Waals surface area contributed by atoms with E-state index in [0.29, 0.717) is 50.5 Å². The summed E-state index contributed by atoms with van der Waals surface area (Å²) in [6.07, 6.45) is 0. The van der Waals surface area contributed by atoms with Gasteiger partial charge in [-0.3, -0.25) is 14.5 Å². The largest absolute Gasteiger partial charge is 0.496 e. The van der Waals surface area contributed by atoms with E-state index in [2.05, 4.69) is 5.32 Å². The highest BCUT2D eigenvalue weighted by atomic mass is 35.5. The number of halogens is 1. The molecule has 0 saturated heterocycles. The summed E-state index contributed by atoms with van der Waals surface area (Å²) in [7, 11) is 3.20. The van der Waals surface area contributed by atoms with Gasteiger partial charge >= 0.3 is 0 Å². The van der Waals surface area contributed by atoms with Gasteiger partial charge in [0.1, 0.15) is 17.3 Å². The summed E-state index contributed by atoms with van der Waals surface area (Å²) in [5.41, 5.74) is 4.52. The number of hydrogen-bond donors (Lipinski definition) is 1. The van der Waals surface area contributed by atoms with Crippen LogP contribution in [0.15, 0.2) is 48.5 Å². The number of aryl methyl sites for hydroxylation is 3. The predicted molar refractivity (Wildman–Crippen MR) is 159 cm³/mol. The van der Waals surface area contributed by atoms with E-state index in [-0.39, 0.29) is 23.6 Å². The molecular weight excluding hydrogens is 540 g/mol. The minimum absolute atomic E-state index is 0.166. The molecule has 1 unspecified atom stereocenters. The van der Waals surface area contributed by atoms with Gasteiger partial charge in [-0.2, -0.15) is 0 Å². The van der Waals surface area contributed by atoms with Gasteiger partial charge in [-0.1, -0.05) is 29.8 Å². The van der Waals surface area contributed by atoms with Gasteiger partial charge in [0.25, 0.3) is 11.8 Å². The third kappa shape index (κ3) is 3.63. The van der Waals surface area contributed by atoms with Crippen LogP contribution >= 0.6 is 11.6 Å². The highest BCUT2D eigenvalue weighted by Gasteiger charge is 2.64. The fourth-order valence-electron chi connectivity index (χ4n) is 6.20. The molecule has 0 fully saturated rings. The summed E-state index contributed by atoms with van der Waals surface area (Å²) in [6, 6.07) is 14.8. The molecular formula is C32H31ClN4O4. The van der Waals surface area contributed by atoms with Crippen molar-refractivity contribution < 1.29 is 19.1 Å². The van der Waals surface area contributed by atoms with Crippen LogP contribution in [0.1, 0.15) is 58.3 Å². The Morgan fingerprint density at radius 2 is 1.66 bits per heavy atom. The van der Waals surface area contributed by atoms with Gasteiger partial charge in [-0.15, -0.1) is 0 Å². The average molecular weight is 571 g/mol. The highest BCUT2D eigenvalue weighted by Crippen LogP contribution is 2.55.